The van der Waals surface area contributed by atoms with Gasteiger partial charge in [-0.15, -0.1) is 0 Å². The first kappa shape index (κ1) is 14.4. The molecule has 1 aliphatic heterocycles. The van der Waals surface area contributed by atoms with Crippen molar-refractivity contribution in [2.24, 2.45) is 0 Å². The molecule has 15 heavy (non-hydrogen) atoms. The second-order valence-corrected chi connectivity index (χ2v) is 3.73. The minimum absolute atomic E-state index is 0.678. The van der Waals surface area contributed by atoms with Gasteiger partial charge in [-0.2, -0.15) is 0 Å². The molecule has 1 heterocycles. The van der Waals surface area contributed by atoms with E-state index in [1.807, 2.05) is 58.6 Å². The quantitative estimate of drug-likeness (QED) is 0.604. The molecule has 2 nitrogen and oxygen atoms in total. The van der Waals surface area contributed by atoms with Crippen LogP contribution in [0.4, 0.5) is 0 Å². The highest BCUT2D eigenvalue weighted by atomic mass is 31.2. The molecule has 1 unspecified atom stereocenters. The molecule has 86 valence electrons. The summed E-state index contributed by atoms with van der Waals surface area (Å²) in [6, 6.07) is 7.98. The minimum Gasteiger partial charge on any atom is -0.447 e. The van der Waals surface area contributed by atoms with Crippen molar-refractivity contribution >= 4 is 8.38 Å². The molecule has 0 aliphatic carbocycles. The van der Waals surface area contributed by atoms with Crippen LogP contribution in [-0.2, 0) is 11.1 Å². The molecule has 0 bridgehead atoms. The molecule has 0 N–H and O–H groups in total. The Bertz CT molecular complexity index is 264. The van der Waals surface area contributed by atoms with Crippen LogP contribution in [0.25, 0.3) is 0 Å². The van der Waals surface area contributed by atoms with Crippen molar-refractivity contribution in [1.29, 1.82) is 0 Å². The van der Waals surface area contributed by atoms with Gasteiger partial charge in [0.15, 0.2) is 0 Å². The van der Waals surface area contributed by atoms with Gasteiger partial charge in [0.05, 0.1) is 6.61 Å². The number of fused-ring (bicyclic) bond motifs is 1. The van der Waals surface area contributed by atoms with Gasteiger partial charge in [-0.25, -0.2) is 0 Å². The van der Waals surface area contributed by atoms with E-state index in [4.69, 9.17) is 9.05 Å². The lowest BCUT2D eigenvalue weighted by molar-refractivity contribution is 0.281. The van der Waals surface area contributed by atoms with E-state index in [1.165, 1.54) is 0 Å². The van der Waals surface area contributed by atoms with Crippen LogP contribution in [0.1, 0.15) is 33.3 Å². The van der Waals surface area contributed by atoms with Crippen molar-refractivity contribution in [3.63, 3.8) is 0 Å². The Balaban J connectivity index is 0.000000442. The molecule has 0 saturated heterocycles. The van der Waals surface area contributed by atoms with E-state index in [0.29, 0.717) is 6.61 Å². The van der Waals surface area contributed by atoms with Crippen molar-refractivity contribution in [2.75, 3.05) is 6.66 Å². The number of hydrogen-bond donors (Lipinski definition) is 0. The van der Waals surface area contributed by atoms with E-state index >= 15 is 0 Å². The van der Waals surface area contributed by atoms with Gasteiger partial charge in [0, 0.05) is 12.2 Å². The van der Waals surface area contributed by atoms with Gasteiger partial charge in [0.1, 0.15) is 5.75 Å². The molecule has 0 fully saturated rings. The normalized spacial score (nSPS) is 17.0. The van der Waals surface area contributed by atoms with Gasteiger partial charge in [-0.1, -0.05) is 45.9 Å². The van der Waals surface area contributed by atoms with E-state index in [9.17, 15) is 0 Å². The second-order valence-electron chi connectivity index (χ2n) is 2.41. The highest BCUT2D eigenvalue weighted by molar-refractivity contribution is 7.46. The molecule has 1 atom stereocenters. The van der Waals surface area contributed by atoms with Crippen LogP contribution in [-0.4, -0.2) is 6.66 Å². The average molecular weight is 228 g/mol. The van der Waals surface area contributed by atoms with Crippen molar-refractivity contribution in [3.8, 4) is 5.75 Å². The van der Waals surface area contributed by atoms with Gasteiger partial charge in [-0.05, 0) is 6.07 Å². The summed E-state index contributed by atoms with van der Waals surface area (Å²) >= 11 is 0. The molecule has 1 aromatic carbocycles. The number of hydrogen-bond acceptors (Lipinski definition) is 2. The molecule has 1 aromatic rings. The molecular formula is C12H21O2P. The van der Waals surface area contributed by atoms with Crippen molar-refractivity contribution in [3.05, 3.63) is 29.8 Å². The standard InChI is InChI=1S/C8H9O2P.2C2H6/c1-11-9-6-7-4-2-3-5-8(7)10-11;2*1-2/h2-5H,6H2,1H3;2*1-2H3. The summed E-state index contributed by atoms with van der Waals surface area (Å²) in [5.41, 5.74) is 1.15. The third kappa shape index (κ3) is 4.63. The Hall–Kier alpha value is -0.590. The molecule has 0 spiro atoms. The summed E-state index contributed by atoms with van der Waals surface area (Å²) < 4.78 is 10.8. The lowest BCUT2D eigenvalue weighted by atomic mass is 10.2. The first-order valence-electron chi connectivity index (χ1n) is 5.49. The van der Waals surface area contributed by atoms with E-state index in [1.54, 1.807) is 0 Å². The summed E-state index contributed by atoms with van der Waals surface area (Å²) in [6.45, 7) is 10.7. The molecule has 1 aliphatic rings. The predicted octanol–water partition coefficient (Wildman–Crippen LogP) is 4.59. The first-order chi connectivity index (χ1) is 7.36. The second kappa shape index (κ2) is 8.70. The molecule has 0 aromatic heterocycles. The monoisotopic (exact) mass is 228 g/mol. The van der Waals surface area contributed by atoms with Crippen LogP contribution in [0.15, 0.2) is 24.3 Å². The Morgan fingerprint density at radius 2 is 1.67 bits per heavy atom. The van der Waals surface area contributed by atoms with Gasteiger partial charge in [0.25, 0.3) is 0 Å². The zero-order chi connectivity index (χ0) is 11.7. The molecule has 0 radical (unpaired) electrons. The molecular weight excluding hydrogens is 207 g/mol. The Morgan fingerprint density at radius 1 is 1.07 bits per heavy atom. The number of para-hydroxylation sites is 1. The molecule has 0 amide bonds. The van der Waals surface area contributed by atoms with E-state index in [2.05, 4.69) is 0 Å². The highest BCUT2D eigenvalue weighted by Gasteiger charge is 2.15. The lowest BCUT2D eigenvalue weighted by Gasteiger charge is -2.21. The van der Waals surface area contributed by atoms with Gasteiger partial charge in [-0.3, -0.25) is 0 Å². The summed E-state index contributed by atoms with van der Waals surface area (Å²) in [6.07, 6.45) is 0. The van der Waals surface area contributed by atoms with Crippen LogP contribution >= 0.6 is 8.38 Å². The maximum absolute atomic E-state index is 5.47. The minimum atomic E-state index is -0.678. The Kier molecular flexibility index (Phi) is 8.35. The summed E-state index contributed by atoms with van der Waals surface area (Å²) in [5, 5.41) is 0. The maximum Gasteiger partial charge on any atom is 0.227 e. The third-order valence-electron chi connectivity index (χ3n) is 1.60. The molecule has 3 heteroatoms. The molecule has 2 rings (SSSR count). The fourth-order valence-corrected chi connectivity index (χ4v) is 1.87. The van der Waals surface area contributed by atoms with Crippen LogP contribution in [0.2, 0.25) is 0 Å². The fraction of sp³-hybridized carbons (Fsp3) is 0.500. The average Bonchev–Trinajstić information content (AvgIpc) is 2.34. The largest absolute Gasteiger partial charge is 0.447 e. The fourth-order valence-electron chi connectivity index (χ4n) is 1.04. The first-order valence-corrected chi connectivity index (χ1v) is 7.11. The zero-order valence-corrected chi connectivity index (χ0v) is 11.2. The SMILES string of the molecule is CC.CC.CP1OCc2ccccc2O1. The zero-order valence-electron chi connectivity index (χ0n) is 10.3. The predicted molar refractivity (Wildman–Crippen MR) is 67.4 cm³/mol. The van der Waals surface area contributed by atoms with Crippen molar-refractivity contribution in [1.82, 2.24) is 0 Å². The number of benzene rings is 1. The van der Waals surface area contributed by atoms with Crippen LogP contribution in [0.5, 0.6) is 5.75 Å². The van der Waals surface area contributed by atoms with E-state index in [-0.39, 0.29) is 0 Å². The summed E-state index contributed by atoms with van der Waals surface area (Å²) in [7, 11) is -0.678. The summed E-state index contributed by atoms with van der Waals surface area (Å²) in [5.74, 6) is 0.979. The summed E-state index contributed by atoms with van der Waals surface area (Å²) in [4.78, 5) is 0. The number of rotatable bonds is 0. The maximum atomic E-state index is 5.47. The van der Waals surface area contributed by atoms with Gasteiger partial charge >= 0.3 is 0 Å². The van der Waals surface area contributed by atoms with Crippen LogP contribution in [0, 0.1) is 0 Å². The smallest absolute Gasteiger partial charge is 0.227 e. The van der Waals surface area contributed by atoms with E-state index in [0.717, 1.165) is 11.3 Å². The van der Waals surface area contributed by atoms with Crippen LogP contribution < -0.4 is 4.52 Å². The third-order valence-corrected chi connectivity index (χ3v) is 2.55. The van der Waals surface area contributed by atoms with Crippen molar-refractivity contribution in [2.45, 2.75) is 34.3 Å². The topological polar surface area (TPSA) is 18.5 Å². The lowest BCUT2D eigenvalue weighted by Crippen LogP contribution is -2.01. The Morgan fingerprint density at radius 3 is 2.33 bits per heavy atom. The van der Waals surface area contributed by atoms with Crippen LogP contribution in [0.3, 0.4) is 0 Å². The van der Waals surface area contributed by atoms with Crippen molar-refractivity contribution < 1.29 is 9.05 Å². The Labute approximate surface area is 94.5 Å². The van der Waals surface area contributed by atoms with Gasteiger partial charge < -0.3 is 9.05 Å². The van der Waals surface area contributed by atoms with Gasteiger partial charge in [0.2, 0.25) is 8.38 Å². The van der Waals surface area contributed by atoms with E-state index < -0.39 is 8.38 Å². The molecule has 0 saturated carbocycles. The highest BCUT2D eigenvalue weighted by Crippen LogP contribution is 2.42.